The van der Waals surface area contributed by atoms with E-state index in [9.17, 15) is 0 Å². The van der Waals surface area contributed by atoms with Crippen LogP contribution in [0.25, 0.3) is 0 Å². The molecule has 1 N–H and O–H groups in total. The van der Waals surface area contributed by atoms with Crippen LogP contribution in [-0.2, 0) is 11.8 Å². The zero-order valence-electron chi connectivity index (χ0n) is 9.71. The molecule has 0 atom stereocenters. The van der Waals surface area contributed by atoms with Gasteiger partial charge in [-0.05, 0) is 26.7 Å². The summed E-state index contributed by atoms with van der Waals surface area (Å²) in [6, 6.07) is 0. The Morgan fingerprint density at radius 2 is 2.13 bits per heavy atom. The molecule has 0 bridgehead atoms. The Morgan fingerprint density at radius 3 is 2.67 bits per heavy atom. The first-order valence-electron chi connectivity index (χ1n) is 5.45. The number of rotatable bonds is 2. The van der Waals surface area contributed by atoms with Crippen molar-refractivity contribution in [3.8, 4) is 0 Å². The number of aryl methyl sites for hydroxylation is 2. The molecule has 84 valence electrons. The van der Waals surface area contributed by atoms with Crippen molar-refractivity contribution in [2.45, 2.75) is 32.2 Å². The molecule has 0 aromatic carbocycles. The standard InChI is InChI=1S/C11H19N3O/c1-9-8-14(3)10(12-9)13-11(2)4-6-15-7-5-11/h8H,4-7H2,1-3H3,(H,12,13). The lowest BCUT2D eigenvalue weighted by atomic mass is 9.93. The molecule has 15 heavy (non-hydrogen) atoms. The molecule has 0 spiro atoms. The third-order valence-corrected chi connectivity index (χ3v) is 3.01. The highest BCUT2D eigenvalue weighted by atomic mass is 16.5. The summed E-state index contributed by atoms with van der Waals surface area (Å²) in [4.78, 5) is 4.46. The number of nitrogens with one attached hydrogen (secondary N) is 1. The monoisotopic (exact) mass is 209 g/mol. The first-order chi connectivity index (χ1) is 7.09. The van der Waals surface area contributed by atoms with Crippen LogP contribution >= 0.6 is 0 Å². The van der Waals surface area contributed by atoms with Crippen LogP contribution in [0.5, 0.6) is 0 Å². The summed E-state index contributed by atoms with van der Waals surface area (Å²) in [7, 11) is 2.02. The predicted octanol–water partition coefficient (Wildman–Crippen LogP) is 1.71. The molecule has 0 unspecified atom stereocenters. The molecule has 4 nitrogen and oxygen atoms in total. The zero-order valence-corrected chi connectivity index (χ0v) is 9.71. The smallest absolute Gasteiger partial charge is 0.203 e. The van der Waals surface area contributed by atoms with Crippen molar-refractivity contribution in [3.63, 3.8) is 0 Å². The van der Waals surface area contributed by atoms with Crippen molar-refractivity contribution in [1.29, 1.82) is 0 Å². The molecular weight excluding hydrogens is 190 g/mol. The van der Waals surface area contributed by atoms with Crippen LogP contribution < -0.4 is 5.32 Å². The van der Waals surface area contributed by atoms with E-state index in [1.807, 2.05) is 24.7 Å². The maximum Gasteiger partial charge on any atom is 0.203 e. The van der Waals surface area contributed by atoms with E-state index >= 15 is 0 Å². The van der Waals surface area contributed by atoms with E-state index in [-0.39, 0.29) is 5.54 Å². The van der Waals surface area contributed by atoms with E-state index < -0.39 is 0 Å². The van der Waals surface area contributed by atoms with Crippen molar-refractivity contribution in [2.24, 2.45) is 7.05 Å². The Hall–Kier alpha value is -1.03. The number of hydrogen-bond acceptors (Lipinski definition) is 3. The molecule has 0 radical (unpaired) electrons. The Labute approximate surface area is 90.6 Å². The van der Waals surface area contributed by atoms with E-state index in [2.05, 4.69) is 17.2 Å². The summed E-state index contributed by atoms with van der Waals surface area (Å²) in [6.45, 7) is 5.93. The lowest BCUT2D eigenvalue weighted by Crippen LogP contribution is -2.41. The molecule has 2 heterocycles. The van der Waals surface area contributed by atoms with Gasteiger partial charge in [0.1, 0.15) is 0 Å². The molecule has 1 aliphatic rings. The van der Waals surface area contributed by atoms with Gasteiger partial charge in [0.05, 0.1) is 5.69 Å². The number of aromatic nitrogens is 2. The number of anilines is 1. The van der Waals surface area contributed by atoms with Crippen molar-refractivity contribution >= 4 is 5.95 Å². The normalized spacial score (nSPS) is 20.2. The lowest BCUT2D eigenvalue weighted by Gasteiger charge is -2.34. The maximum absolute atomic E-state index is 5.37. The third kappa shape index (κ3) is 2.31. The van der Waals surface area contributed by atoms with Crippen LogP contribution in [0.2, 0.25) is 0 Å². The van der Waals surface area contributed by atoms with Gasteiger partial charge in [0.25, 0.3) is 0 Å². The van der Waals surface area contributed by atoms with Crippen LogP contribution in [0.4, 0.5) is 5.95 Å². The van der Waals surface area contributed by atoms with Crippen LogP contribution in [0.3, 0.4) is 0 Å². The van der Waals surface area contributed by atoms with Gasteiger partial charge in [0.2, 0.25) is 5.95 Å². The van der Waals surface area contributed by atoms with E-state index in [4.69, 9.17) is 4.74 Å². The Kier molecular flexibility index (Phi) is 2.69. The van der Waals surface area contributed by atoms with Crippen LogP contribution in [0.1, 0.15) is 25.5 Å². The highest BCUT2D eigenvalue weighted by Crippen LogP contribution is 2.24. The summed E-state index contributed by atoms with van der Waals surface area (Å²) in [5.41, 5.74) is 1.18. The summed E-state index contributed by atoms with van der Waals surface area (Å²) in [5.74, 6) is 0.955. The topological polar surface area (TPSA) is 39.1 Å². The van der Waals surface area contributed by atoms with Gasteiger partial charge in [-0.25, -0.2) is 4.98 Å². The van der Waals surface area contributed by atoms with Crippen LogP contribution in [-0.4, -0.2) is 28.3 Å². The SMILES string of the molecule is Cc1cn(C)c(NC2(C)CCOCC2)n1. The predicted molar refractivity (Wildman–Crippen MR) is 60.0 cm³/mol. The average molecular weight is 209 g/mol. The zero-order chi connectivity index (χ0) is 10.9. The highest BCUT2D eigenvalue weighted by molar-refractivity contribution is 5.32. The molecular formula is C11H19N3O. The van der Waals surface area contributed by atoms with Gasteiger partial charge in [0, 0.05) is 32.0 Å². The summed E-state index contributed by atoms with van der Waals surface area (Å²) < 4.78 is 7.41. The minimum Gasteiger partial charge on any atom is -0.381 e. The maximum atomic E-state index is 5.37. The van der Waals surface area contributed by atoms with Gasteiger partial charge >= 0.3 is 0 Å². The first-order valence-corrected chi connectivity index (χ1v) is 5.45. The molecule has 0 amide bonds. The van der Waals surface area contributed by atoms with Crippen molar-refractivity contribution in [2.75, 3.05) is 18.5 Å². The minimum absolute atomic E-state index is 0.129. The van der Waals surface area contributed by atoms with Gasteiger partial charge in [-0.3, -0.25) is 0 Å². The second kappa shape index (κ2) is 3.85. The molecule has 1 saturated heterocycles. The molecule has 2 rings (SSSR count). The van der Waals surface area contributed by atoms with Gasteiger partial charge in [0.15, 0.2) is 0 Å². The molecule has 1 fully saturated rings. The molecule has 0 saturated carbocycles. The average Bonchev–Trinajstić information content (AvgIpc) is 2.45. The van der Waals surface area contributed by atoms with Crippen molar-refractivity contribution < 1.29 is 4.74 Å². The Bertz CT molecular complexity index is 340. The van der Waals surface area contributed by atoms with E-state index in [1.165, 1.54) is 0 Å². The first kappa shape index (κ1) is 10.5. The summed E-state index contributed by atoms with van der Waals surface area (Å²) in [6.07, 6.45) is 4.11. The largest absolute Gasteiger partial charge is 0.381 e. The van der Waals surface area contributed by atoms with Crippen LogP contribution in [0.15, 0.2) is 6.20 Å². The third-order valence-electron chi connectivity index (χ3n) is 3.01. The van der Waals surface area contributed by atoms with Gasteiger partial charge in [-0.2, -0.15) is 0 Å². The van der Waals surface area contributed by atoms with Crippen molar-refractivity contribution in [3.05, 3.63) is 11.9 Å². The molecule has 1 aromatic heterocycles. The van der Waals surface area contributed by atoms with E-state index in [0.717, 1.165) is 37.7 Å². The van der Waals surface area contributed by atoms with E-state index in [0.29, 0.717) is 0 Å². The Balaban J connectivity index is 2.09. The fraction of sp³-hybridized carbons (Fsp3) is 0.727. The Morgan fingerprint density at radius 1 is 1.47 bits per heavy atom. The minimum atomic E-state index is 0.129. The molecule has 0 aliphatic carbocycles. The van der Waals surface area contributed by atoms with Gasteiger partial charge < -0.3 is 14.6 Å². The fourth-order valence-electron chi connectivity index (χ4n) is 1.95. The van der Waals surface area contributed by atoms with Crippen molar-refractivity contribution in [1.82, 2.24) is 9.55 Å². The van der Waals surface area contributed by atoms with Gasteiger partial charge in [-0.1, -0.05) is 0 Å². The number of ether oxygens (including phenoxy) is 1. The number of imidazole rings is 1. The quantitative estimate of drug-likeness (QED) is 0.806. The number of hydrogen-bond donors (Lipinski definition) is 1. The molecule has 1 aliphatic heterocycles. The highest BCUT2D eigenvalue weighted by Gasteiger charge is 2.28. The second-order valence-corrected chi connectivity index (χ2v) is 4.61. The van der Waals surface area contributed by atoms with Gasteiger partial charge in [-0.15, -0.1) is 0 Å². The fourth-order valence-corrected chi connectivity index (χ4v) is 1.95. The number of nitrogens with zero attached hydrogens (tertiary/aromatic N) is 2. The second-order valence-electron chi connectivity index (χ2n) is 4.61. The van der Waals surface area contributed by atoms with E-state index in [1.54, 1.807) is 0 Å². The van der Waals surface area contributed by atoms with Crippen LogP contribution in [0, 0.1) is 6.92 Å². The molecule has 1 aromatic rings. The lowest BCUT2D eigenvalue weighted by molar-refractivity contribution is 0.0655. The summed E-state index contributed by atoms with van der Waals surface area (Å²) >= 11 is 0. The summed E-state index contributed by atoms with van der Waals surface area (Å²) in [5, 5.41) is 3.52. The molecule has 4 heteroatoms.